The third-order valence-electron chi connectivity index (χ3n) is 6.04. The van der Waals surface area contributed by atoms with Gasteiger partial charge in [0.25, 0.3) is 0 Å². The first-order valence-electron chi connectivity index (χ1n) is 9.99. The molecule has 2 saturated heterocycles. The molecule has 4 atom stereocenters. The molecule has 1 aromatic carbocycles. The van der Waals surface area contributed by atoms with Crippen molar-refractivity contribution in [3.05, 3.63) is 58.3 Å². The Hall–Kier alpha value is -2.51. The summed E-state index contributed by atoms with van der Waals surface area (Å²) >= 11 is 1.55. The van der Waals surface area contributed by atoms with Crippen molar-refractivity contribution in [2.75, 3.05) is 13.2 Å². The van der Waals surface area contributed by atoms with E-state index < -0.39 is 23.3 Å². The van der Waals surface area contributed by atoms with E-state index in [1.54, 1.807) is 25.2 Å². The molecule has 2 fully saturated rings. The van der Waals surface area contributed by atoms with Crippen molar-refractivity contribution in [1.82, 2.24) is 4.90 Å². The number of amides is 2. The van der Waals surface area contributed by atoms with Crippen LogP contribution in [0.3, 0.4) is 0 Å². The predicted molar refractivity (Wildman–Crippen MR) is 108 cm³/mol. The summed E-state index contributed by atoms with van der Waals surface area (Å²) in [5, 5.41) is 3.89. The van der Waals surface area contributed by atoms with E-state index in [-0.39, 0.29) is 24.5 Å². The lowest BCUT2D eigenvalue weighted by Gasteiger charge is -2.29. The number of hydrogen-bond donors (Lipinski definition) is 1. The van der Waals surface area contributed by atoms with Gasteiger partial charge in [0, 0.05) is 13.0 Å². The van der Waals surface area contributed by atoms with Crippen molar-refractivity contribution in [3.63, 3.8) is 0 Å². The van der Waals surface area contributed by atoms with Crippen molar-refractivity contribution in [2.24, 2.45) is 11.8 Å². The second-order valence-corrected chi connectivity index (χ2v) is 8.53. The molecule has 1 aromatic heterocycles. The number of carbonyl (C=O) groups is 3. The van der Waals surface area contributed by atoms with E-state index in [4.69, 9.17) is 4.74 Å². The Kier molecular flexibility index (Phi) is 5.27. The van der Waals surface area contributed by atoms with E-state index in [2.05, 4.69) is 0 Å². The Morgan fingerprint density at radius 2 is 1.90 bits per heavy atom. The van der Waals surface area contributed by atoms with Gasteiger partial charge in [0.15, 0.2) is 0 Å². The molecular formula is C22H25N2O4S+. The third-order valence-corrected chi connectivity index (χ3v) is 7.02. The maximum Gasteiger partial charge on any atom is 0.369 e. The fraction of sp³-hybridized carbons (Fsp3) is 0.409. The number of nitrogens with two attached hydrogens (primary N) is 1. The molecule has 3 heterocycles. The minimum Gasteiger partial charge on any atom is -0.461 e. The van der Waals surface area contributed by atoms with Crippen LogP contribution in [0.15, 0.2) is 47.8 Å². The molecule has 2 aliphatic heterocycles. The Bertz CT molecular complexity index is 914. The number of imide groups is 1. The van der Waals surface area contributed by atoms with E-state index >= 15 is 0 Å². The maximum atomic E-state index is 13.3. The largest absolute Gasteiger partial charge is 0.461 e. The van der Waals surface area contributed by atoms with Crippen LogP contribution in [0.4, 0.5) is 0 Å². The average Bonchev–Trinajstić information content (AvgIpc) is 3.41. The molecule has 0 saturated carbocycles. The average molecular weight is 414 g/mol. The molecule has 2 amide bonds. The molecule has 2 N–H and O–H groups in total. The first-order chi connectivity index (χ1) is 14.0. The zero-order valence-corrected chi connectivity index (χ0v) is 17.4. The van der Waals surface area contributed by atoms with Gasteiger partial charge in [0.2, 0.25) is 17.4 Å². The highest BCUT2D eigenvalue weighted by molar-refractivity contribution is 7.10. The van der Waals surface area contributed by atoms with Gasteiger partial charge in [-0.05, 0) is 30.9 Å². The molecule has 2 aromatic rings. The van der Waals surface area contributed by atoms with Gasteiger partial charge in [-0.15, -0.1) is 11.3 Å². The van der Waals surface area contributed by atoms with Crippen molar-refractivity contribution < 1.29 is 24.4 Å². The Morgan fingerprint density at radius 3 is 2.52 bits per heavy atom. The first-order valence-corrected chi connectivity index (χ1v) is 10.9. The number of fused-ring (bicyclic) bond motifs is 1. The normalized spacial score (nSPS) is 28.6. The van der Waals surface area contributed by atoms with E-state index in [9.17, 15) is 14.4 Å². The van der Waals surface area contributed by atoms with E-state index in [0.717, 1.165) is 10.4 Å². The summed E-state index contributed by atoms with van der Waals surface area (Å²) in [4.78, 5) is 42.2. The molecule has 152 valence electrons. The maximum absolute atomic E-state index is 13.3. The number of nitrogens with zero attached hydrogens (tertiary/aromatic N) is 1. The summed E-state index contributed by atoms with van der Waals surface area (Å²) in [7, 11) is 0. The van der Waals surface area contributed by atoms with Crippen molar-refractivity contribution in [2.45, 2.75) is 31.8 Å². The van der Waals surface area contributed by atoms with Crippen LogP contribution in [0.2, 0.25) is 0 Å². The SMILES string of the molecule is CCOC(=O)[C@]1(Cc2ccccc2)[NH2+][C@@H](c2cccs2)[C@@H]2C(=O)N(CC)C(=O)[C@H]21. The molecule has 2 aliphatic rings. The van der Waals surface area contributed by atoms with E-state index in [1.165, 1.54) is 4.90 Å². The minimum absolute atomic E-state index is 0.184. The number of benzene rings is 1. The van der Waals surface area contributed by atoms with Crippen LogP contribution in [-0.4, -0.2) is 41.4 Å². The number of rotatable bonds is 6. The van der Waals surface area contributed by atoms with Crippen LogP contribution >= 0.6 is 11.3 Å². The van der Waals surface area contributed by atoms with Crippen molar-refractivity contribution in [3.8, 4) is 0 Å². The third kappa shape index (κ3) is 3.09. The van der Waals surface area contributed by atoms with Gasteiger partial charge >= 0.3 is 5.97 Å². The number of ether oxygens (including phenoxy) is 1. The monoisotopic (exact) mass is 413 g/mol. The van der Waals surface area contributed by atoms with Gasteiger partial charge in [0.1, 0.15) is 17.9 Å². The molecule has 0 radical (unpaired) electrons. The zero-order chi connectivity index (χ0) is 20.6. The number of esters is 1. The summed E-state index contributed by atoms with van der Waals surface area (Å²) in [5.41, 5.74) is -0.217. The topological polar surface area (TPSA) is 80.3 Å². The van der Waals surface area contributed by atoms with Crippen LogP contribution in [0.5, 0.6) is 0 Å². The predicted octanol–water partition coefficient (Wildman–Crippen LogP) is 1.53. The Morgan fingerprint density at radius 1 is 1.14 bits per heavy atom. The van der Waals surface area contributed by atoms with Crippen LogP contribution in [0, 0.1) is 11.8 Å². The number of hydrogen-bond acceptors (Lipinski definition) is 5. The van der Waals surface area contributed by atoms with Gasteiger partial charge < -0.3 is 10.1 Å². The van der Waals surface area contributed by atoms with Gasteiger partial charge in [-0.3, -0.25) is 14.5 Å². The highest BCUT2D eigenvalue weighted by Gasteiger charge is 2.72. The molecule has 6 nitrogen and oxygen atoms in total. The zero-order valence-electron chi connectivity index (χ0n) is 16.5. The number of thiophene rings is 1. The minimum atomic E-state index is -1.16. The van der Waals surface area contributed by atoms with Crippen molar-refractivity contribution >= 4 is 29.1 Å². The van der Waals surface area contributed by atoms with Gasteiger partial charge in [-0.25, -0.2) is 4.79 Å². The lowest BCUT2D eigenvalue weighted by Crippen LogP contribution is -2.98. The van der Waals surface area contributed by atoms with E-state index in [1.807, 2.05) is 53.2 Å². The summed E-state index contributed by atoms with van der Waals surface area (Å²) in [6.07, 6.45) is 0.340. The standard InChI is InChI=1S/C22H24N2O4S/c1-3-24-19(25)16-17(20(24)26)22(21(27)28-4-2,13-14-9-6-5-7-10-14)23-18(16)15-11-8-12-29-15/h5-12,16-18,23H,3-4,13H2,1-2H3/p+1/t16-,17+,18+,22-/m1/s1. The van der Waals surface area contributed by atoms with Crippen LogP contribution in [-0.2, 0) is 25.5 Å². The highest BCUT2D eigenvalue weighted by Crippen LogP contribution is 2.46. The molecule has 0 bridgehead atoms. The molecule has 0 unspecified atom stereocenters. The summed E-state index contributed by atoms with van der Waals surface area (Å²) < 4.78 is 5.48. The second-order valence-electron chi connectivity index (χ2n) is 7.56. The Balaban J connectivity index is 1.85. The van der Waals surface area contributed by atoms with Crippen LogP contribution < -0.4 is 5.32 Å². The second kappa shape index (κ2) is 7.72. The highest BCUT2D eigenvalue weighted by atomic mass is 32.1. The number of carbonyl (C=O) groups excluding carboxylic acids is 3. The first kappa shape index (κ1) is 19.8. The van der Waals surface area contributed by atoms with E-state index in [0.29, 0.717) is 13.0 Å². The van der Waals surface area contributed by atoms with Gasteiger partial charge in [-0.2, -0.15) is 0 Å². The van der Waals surface area contributed by atoms with Gasteiger partial charge in [0.05, 0.1) is 11.5 Å². The fourth-order valence-electron chi connectivity index (χ4n) is 4.87. The fourth-order valence-corrected chi connectivity index (χ4v) is 5.71. The molecule has 0 spiro atoms. The Labute approximate surface area is 173 Å². The molecule has 29 heavy (non-hydrogen) atoms. The van der Waals surface area contributed by atoms with Crippen molar-refractivity contribution in [1.29, 1.82) is 0 Å². The smallest absolute Gasteiger partial charge is 0.369 e. The van der Waals surface area contributed by atoms with Crippen LogP contribution in [0.1, 0.15) is 30.3 Å². The summed E-state index contributed by atoms with van der Waals surface area (Å²) in [6.45, 7) is 4.09. The molecular weight excluding hydrogens is 388 g/mol. The number of quaternary nitrogens is 1. The summed E-state index contributed by atoms with van der Waals surface area (Å²) in [5.74, 6) is -2.16. The molecule has 4 rings (SSSR count). The molecule has 0 aliphatic carbocycles. The summed E-state index contributed by atoms with van der Waals surface area (Å²) in [6, 6.07) is 13.3. The van der Waals surface area contributed by atoms with Gasteiger partial charge in [-0.1, -0.05) is 36.4 Å². The number of likely N-dealkylation sites (tertiary alicyclic amines) is 1. The lowest BCUT2D eigenvalue weighted by atomic mass is 9.76. The quantitative estimate of drug-likeness (QED) is 0.575. The molecule has 7 heteroatoms. The van der Waals surface area contributed by atoms with Crippen LogP contribution in [0.25, 0.3) is 0 Å². The lowest BCUT2D eigenvalue weighted by molar-refractivity contribution is -0.733.